The predicted octanol–water partition coefficient (Wildman–Crippen LogP) is 2.60. The molecule has 0 radical (unpaired) electrons. The van der Waals surface area contributed by atoms with E-state index in [4.69, 9.17) is 0 Å². The number of carbonyl (C=O) groups is 1. The maximum Gasteiger partial charge on any atom is 0.254 e. The molecule has 0 spiro atoms. The molecule has 110 valence electrons. The Balaban J connectivity index is 1.94. The van der Waals surface area contributed by atoms with E-state index in [0.717, 1.165) is 39.0 Å². The van der Waals surface area contributed by atoms with Crippen LogP contribution in [-0.4, -0.2) is 37.0 Å². The van der Waals surface area contributed by atoms with E-state index in [-0.39, 0.29) is 11.7 Å². The van der Waals surface area contributed by atoms with Crippen molar-refractivity contribution < 1.29 is 9.18 Å². The zero-order valence-electron chi connectivity index (χ0n) is 12.3. The highest BCUT2D eigenvalue weighted by Crippen LogP contribution is 2.20. The zero-order valence-corrected chi connectivity index (χ0v) is 12.3. The molecular formula is C16H23FN2O. The minimum atomic E-state index is -0.289. The van der Waals surface area contributed by atoms with E-state index >= 15 is 0 Å². The van der Waals surface area contributed by atoms with Gasteiger partial charge in [-0.05, 0) is 62.5 Å². The Bertz CT molecular complexity index is 468. The smallest absolute Gasteiger partial charge is 0.254 e. The van der Waals surface area contributed by atoms with Gasteiger partial charge in [-0.1, -0.05) is 6.92 Å². The van der Waals surface area contributed by atoms with Crippen molar-refractivity contribution in [3.05, 3.63) is 35.1 Å². The second kappa shape index (κ2) is 6.84. The summed E-state index contributed by atoms with van der Waals surface area (Å²) in [4.78, 5) is 14.3. The van der Waals surface area contributed by atoms with Crippen LogP contribution in [0.4, 0.5) is 4.39 Å². The van der Waals surface area contributed by atoms with E-state index in [9.17, 15) is 9.18 Å². The number of hydrogen-bond donors (Lipinski definition) is 1. The molecule has 0 atom stereocenters. The summed E-state index contributed by atoms with van der Waals surface area (Å²) in [5.41, 5.74) is 1.33. The number of nitrogens with zero attached hydrogens (tertiary/aromatic N) is 1. The normalized spacial score (nSPS) is 16.4. The first kappa shape index (κ1) is 15.0. The average molecular weight is 278 g/mol. The number of benzene rings is 1. The molecule has 3 nitrogen and oxygen atoms in total. The molecule has 1 amide bonds. The molecule has 20 heavy (non-hydrogen) atoms. The van der Waals surface area contributed by atoms with Crippen LogP contribution >= 0.6 is 0 Å². The van der Waals surface area contributed by atoms with Crippen LogP contribution in [0, 0.1) is 18.7 Å². The van der Waals surface area contributed by atoms with Crippen molar-refractivity contribution in [1.29, 1.82) is 0 Å². The Morgan fingerprint density at radius 3 is 2.70 bits per heavy atom. The third-order valence-electron chi connectivity index (χ3n) is 4.00. The molecule has 1 fully saturated rings. The number of nitrogens with one attached hydrogen (secondary N) is 1. The Hall–Kier alpha value is -1.42. The van der Waals surface area contributed by atoms with Crippen molar-refractivity contribution in [2.45, 2.75) is 26.7 Å². The average Bonchev–Trinajstić information content (AvgIpc) is 2.45. The van der Waals surface area contributed by atoms with Crippen molar-refractivity contribution in [3.8, 4) is 0 Å². The summed E-state index contributed by atoms with van der Waals surface area (Å²) in [6.07, 6.45) is 2.08. The van der Waals surface area contributed by atoms with Crippen molar-refractivity contribution in [2.24, 2.45) is 5.92 Å². The maximum atomic E-state index is 13.1. The van der Waals surface area contributed by atoms with E-state index in [2.05, 4.69) is 12.2 Å². The molecular weight excluding hydrogens is 255 g/mol. The summed E-state index contributed by atoms with van der Waals surface area (Å²) >= 11 is 0. The lowest BCUT2D eigenvalue weighted by atomic mass is 9.96. The summed E-state index contributed by atoms with van der Waals surface area (Å²) in [6, 6.07) is 4.38. The van der Waals surface area contributed by atoms with Gasteiger partial charge in [0, 0.05) is 18.7 Å². The molecule has 1 aliphatic heterocycles. The van der Waals surface area contributed by atoms with Gasteiger partial charge in [0.1, 0.15) is 5.82 Å². The first-order chi connectivity index (χ1) is 9.61. The minimum Gasteiger partial charge on any atom is -0.339 e. The predicted molar refractivity (Wildman–Crippen MR) is 78.3 cm³/mol. The number of rotatable bonds is 4. The summed E-state index contributed by atoms with van der Waals surface area (Å²) in [5, 5.41) is 3.36. The first-order valence-electron chi connectivity index (χ1n) is 7.38. The number of amides is 1. The van der Waals surface area contributed by atoms with Gasteiger partial charge in [0.15, 0.2) is 0 Å². The molecule has 1 saturated heterocycles. The third-order valence-corrected chi connectivity index (χ3v) is 4.00. The Labute approximate surface area is 120 Å². The third kappa shape index (κ3) is 3.57. The van der Waals surface area contributed by atoms with Crippen LogP contribution in [0.3, 0.4) is 0 Å². The van der Waals surface area contributed by atoms with Gasteiger partial charge in [-0.25, -0.2) is 4.39 Å². The van der Waals surface area contributed by atoms with Crippen LogP contribution in [0.15, 0.2) is 18.2 Å². The van der Waals surface area contributed by atoms with Crippen molar-refractivity contribution >= 4 is 5.91 Å². The highest BCUT2D eigenvalue weighted by Gasteiger charge is 2.24. The van der Waals surface area contributed by atoms with Gasteiger partial charge in [0.05, 0.1) is 0 Å². The second-order valence-electron chi connectivity index (χ2n) is 5.50. The number of halogens is 1. The van der Waals surface area contributed by atoms with E-state index in [1.807, 2.05) is 4.90 Å². The van der Waals surface area contributed by atoms with Gasteiger partial charge < -0.3 is 10.2 Å². The fraction of sp³-hybridized carbons (Fsp3) is 0.562. The van der Waals surface area contributed by atoms with Gasteiger partial charge in [-0.3, -0.25) is 4.79 Å². The SMILES string of the molecule is CCNCC1CCN(C(=O)c2ccc(F)cc2C)CC1. The molecule has 0 bridgehead atoms. The molecule has 1 aromatic carbocycles. The van der Waals surface area contributed by atoms with E-state index < -0.39 is 0 Å². The standard InChI is InChI=1S/C16H23FN2O/c1-3-18-11-13-6-8-19(9-7-13)16(20)15-5-4-14(17)10-12(15)2/h4-5,10,13,18H,3,6-9,11H2,1-2H3. The molecule has 4 heteroatoms. The van der Waals surface area contributed by atoms with Crippen LogP contribution < -0.4 is 5.32 Å². The number of piperidine rings is 1. The van der Waals surface area contributed by atoms with Crippen LogP contribution in [0.25, 0.3) is 0 Å². The fourth-order valence-corrected chi connectivity index (χ4v) is 2.73. The molecule has 1 aromatic rings. The molecule has 2 rings (SSSR count). The van der Waals surface area contributed by atoms with Gasteiger partial charge in [-0.2, -0.15) is 0 Å². The Morgan fingerprint density at radius 2 is 2.10 bits per heavy atom. The molecule has 1 N–H and O–H groups in total. The Morgan fingerprint density at radius 1 is 1.40 bits per heavy atom. The summed E-state index contributed by atoms with van der Waals surface area (Å²) in [6.45, 7) is 7.52. The summed E-state index contributed by atoms with van der Waals surface area (Å²) < 4.78 is 13.1. The minimum absolute atomic E-state index is 0.0319. The van der Waals surface area contributed by atoms with Crippen molar-refractivity contribution in [3.63, 3.8) is 0 Å². The largest absolute Gasteiger partial charge is 0.339 e. The molecule has 1 aliphatic rings. The van der Waals surface area contributed by atoms with E-state index in [0.29, 0.717) is 17.0 Å². The van der Waals surface area contributed by atoms with Gasteiger partial charge in [0.25, 0.3) is 5.91 Å². The maximum absolute atomic E-state index is 13.1. The van der Waals surface area contributed by atoms with Crippen molar-refractivity contribution in [2.75, 3.05) is 26.2 Å². The highest BCUT2D eigenvalue weighted by atomic mass is 19.1. The van der Waals surface area contributed by atoms with E-state index in [1.165, 1.54) is 12.1 Å². The molecule has 0 saturated carbocycles. The molecule has 0 unspecified atom stereocenters. The number of aryl methyl sites for hydroxylation is 1. The van der Waals surface area contributed by atoms with Gasteiger partial charge in [-0.15, -0.1) is 0 Å². The lowest BCUT2D eigenvalue weighted by molar-refractivity contribution is 0.0689. The second-order valence-corrected chi connectivity index (χ2v) is 5.50. The van der Waals surface area contributed by atoms with E-state index in [1.54, 1.807) is 13.0 Å². The lowest BCUT2D eigenvalue weighted by Gasteiger charge is -2.32. The van der Waals surface area contributed by atoms with Crippen LogP contribution in [0.1, 0.15) is 35.7 Å². The summed E-state index contributed by atoms with van der Waals surface area (Å²) in [5.74, 6) is 0.404. The van der Waals surface area contributed by atoms with Crippen LogP contribution in [0.5, 0.6) is 0 Å². The Kier molecular flexibility index (Phi) is 5.12. The molecule has 0 aromatic heterocycles. The molecule has 1 heterocycles. The zero-order chi connectivity index (χ0) is 14.5. The van der Waals surface area contributed by atoms with Crippen molar-refractivity contribution in [1.82, 2.24) is 10.2 Å². The van der Waals surface area contributed by atoms with Gasteiger partial charge >= 0.3 is 0 Å². The molecule has 0 aliphatic carbocycles. The summed E-state index contributed by atoms with van der Waals surface area (Å²) in [7, 11) is 0. The topological polar surface area (TPSA) is 32.3 Å². The number of carbonyl (C=O) groups excluding carboxylic acids is 1. The lowest BCUT2D eigenvalue weighted by Crippen LogP contribution is -2.41. The fourth-order valence-electron chi connectivity index (χ4n) is 2.73. The number of likely N-dealkylation sites (tertiary alicyclic amines) is 1. The van der Waals surface area contributed by atoms with Gasteiger partial charge in [0.2, 0.25) is 0 Å². The van der Waals surface area contributed by atoms with Crippen LogP contribution in [-0.2, 0) is 0 Å². The number of hydrogen-bond acceptors (Lipinski definition) is 2. The quantitative estimate of drug-likeness (QED) is 0.918. The first-order valence-corrected chi connectivity index (χ1v) is 7.38. The van der Waals surface area contributed by atoms with Crippen LogP contribution in [0.2, 0.25) is 0 Å². The highest BCUT2D eigenvalue weighted by molar-refractivity contribution is 5.95. The monoisotopic (exact) mass is 278 g/mol.